The highest BCUT2D eigenvalue weighted by Gasteiger charge is 2.47. The maximum atomic E-state index is 13.3. The minimum Gasteiger partial charge on any atom is -0.349 e. The van der Waals surface area contributed by atoms with Gasteiger partial charge in [0, 0.05) is 25.6 Å². The van der Waals surface area contributed by atoms with Crippen LogP contribution in [0.3, 0.4) is 0 Å². The van der Waals surface area contributed by atoms with Crippen LogP contribution in [0.1, 0.15) is 56.7 Å². The van der Waals surface area contributed by atoms with Gasteiger partial charge in [-0.1, -0.05) is 74.5 Å². The summed E-state index contributed by atoms with van der Waals surface area (Å²) in [5, 5.41) is 3.23. The van der Waals surface area contributed by atoms with Gasteiger partial charge in [-0.05, 0) is 49.9 Å². The summed E-state index contributed by atoms with van der Waals surface area (Å²) in [7, 11) is 0. The Morgan fingerprint density at radius 1 is 0.939 bits per heavy atom. The Balaban J connectivity index is 1.31. The normalized spacial score (nSPS) is 19.2. The highest BCUT2D eigenvalue weighted by atomic mass is 16.2. The number of benzene rings is 2. The molecule has 0 saturated carbocycles. The molecule has 1 unspecified atom stereocenters. The minimum atomic E-state index is -0.171. The maximum absolute atomic E-state index is 13.3. The van der Waals surface area contributed by atoms with Gasteiger partial charge >= 0.3 is 0 Å². The lowest BCUT2D eigenvalue weighted by atomic mass is 9.77. The monoisotopic (exact) mass is 447 g/mol. The van der Waals surface area contributed by atoms with Gasteiger partial charge in [-0.25, -0.2) is 0 Å². The van der Waals surface area contributed by atoms with Crippen molar-refractivity contribution < 1.29 is 9.59 Å². The largest absolute Gasteiger partial charge is 0.349 e. The molecule has 2 heterocycles. The fraction of sp³-hybridized carbons (Fsp3) is 0.500. The number of carbonyl (C=O) groups excluding carboxylic acids is 2. The van der Waals surface area contributed by atoms with Crippen molar-refractivity contribution >= 4 is 11.8 Å². The summed E-state index contributed by atoms with van der Waals surface area (Å²) in [6.45, 7) is 8.28. The molecule has 1 spiro atoms. The van der Waals surface area contributed by atoms with Gasteiger partial charge in [0.2, 0.25) is 11.8 Å². The molecule has 2 aliphatic heterocycles. The topological polar surface area (TPSA) is 52.7 Å². The number of rotatable bonds is 8. The lowest BCUT2D eigenvalue weighted by Crippen LogP contribution is -2.45. The van der Waals surface area contributed by atoms with Crippen LogP contribution < -0.4 is 5.32 Å². The molecule has 2 aromatic carbocycles. The maximum Gasteiger partial charge on any atom is 0.229 e. The SMILES string of the molecule is CC(C)C(=O)NC(CCN1CCC2(CC1)CCN(Cc1ccccc1)C2=O)c1ccccc1. The van der Waals surface area contributed by atoms with Crippen molar-refractivity contribution in [3.63, 3.8) is 0 Å². The van der Waals surface area contributed by atoms with Crippen LogP contribution >= 0.6 is 0 Å². The highest BCUT2D eigenvalue weighted by molar-refractivity contribution is 5.85. The number of hydrogen-bond donors (Lipinski definition) is 1. The van der Waals surface area contributed by atoms with E-state index in [2.05, 4.69) is 39.4 Å². The molecule has 4 rings (SSSR count). The standard InChI is InChI=1S/C28H37N3O2/c1-22(2)26(32)29-25(24-11-7-4-8-12-24)13-17-30-18-14-28(15-19-30)16-20-31(27(28)33)21-23-9-5-3-6-10-23/h3-12,22,25H,13-21H2,1-2H3,(H,29,32). The van der Waals surface area contributed by atoms with E-state index in [1.807, 2.05) is 50.2 Å². The molecule has 176 valence electrons. The second kappa shape index (κ2) is 10.5. The lowest BCUT2D eigenvalue weighted by molar-refractivity contribution is -0.139. The summed E-state index contributed by atoms with van der Waals surface area (Å²) in [5.41, 5.74) is 2.19. The molecular formula is C28H37N3O2. The van der Waals surface area contributed by atoms with Gasteiger partial charge in [-0.3, -0.25) is 9.59 Å². The molecule has 2 aromatic rings. The van der Waals surface area contributed by atoms with Crippen molar-refractivity contribution in [2.75, 3.05) is 26.2 Å². The first-order valence-electron chi connectivity index (χ1n) is 12.4. The van der Waals surface area contributed by atoms with E-state index in [0.717, 1.165) is 64.0 Å². The summed E-state index contributed by atoms with van der Waals surface area (Å²) >= 11 is 0. The Labute approximate surface area is 198 Å². The van der Waals surface area contributed by atoms with Crippen LogP contribution in [0.25, 0.3) is 0 Å². The fourth-order valence-corrected chi connectivity index (χ4v) is 5.17. The van der Waals surface area contributed by atoms with E-state index in [1.165, 1.54) is 5.56 Å². The van der Waals surface area contributed by atoms with Crippen LogP contribution in [-0.2, 0) is 16.1 Å². The molecule has 2 fully saturated rings. The second-order valence-electron chi connectivity index (χ2n) is 10.00. The first kappa shape index (κ1) is 23.5. The molecule has 0 aromatic heterocycles. The Bertz CT molecular complexity index is 921. The van der Waals surface area contributed by atoms with Crippen molar-refractivity contribution in [1.82, 2.24) is 15.1 Å². The minimum absolute atomic E-state index is 0.0199. The third-order valence-corrected chi connectivity index (χ3v) is 7.41. The van der Waals surface area contributed by atoms with Gasteiger partial charge in [-0.2, -0.15) is 0 Å². The predicted molar refractivity (Wildman–Crippen MR) is 131 cm³/mol. The predicted octanol–water partition coefficient (Wildman–Crippen LogP) is 4.40. The van der Waals surface area contributed by atoms with Gasteiger partial charge < -0.3 is 15.1 Å². The van der Waals surface area contributed by atoms with Gasteiger partial charge in [0.15, 0.2) is 0 Å². The number of hydrogen-bond acceptors (Lipinski definition) is 3. The molecule has 2 amide bonds. The van der Waals surface area contributed by atoms with Crippen LogP contribution in [-0.4, -0.2) is 47.8 Å². The van der Waals surface area contributed by atoms with Crippen LogP contribution in [0.4, 0.5) is 0 Å². The number of likely N-dealkylation sites (tertiary alicyclic amines) is 2. The molecule has 5 nitrogen and oxygen atoms in total. The lowest BCUT2D eigenvalue weighted by Gasteiger charge is -2.38. The Kier molecular flexibility index (Phi) is 7.49. The highest BCUT2D eigenvalue weighted by Crippen LogP contribution is 2.42. The van der Waals surface area contributed by atoms with E-state index in [-0.39, 0.29) is 23.3 Å². The number of nitrogens with zero attached hydrogens (tertiary/aromatic N) is 2. The molecule has 2 saturated heterocycles. The van der Waals surface area contributed by atoms with Crippen molar-refractivity contribution in [3.05, 3.63) is 71.8 Å². The van der Waals surface area contributed by atoms with Crippen LogP contribution in [0.2, 0.25) is 0 Å². The Hall–Kier alpha value is -2.66. The molecule has 0 aliphatic carbocycles. The smallest absolute Gasteiger partial charge is 0.229 e. The summed E-state index contributed by atoms with van der Waals surface area (Å²) in [6, 6.07) is 20.6. The molecule has 33 heavy (non-hydrogen) atoms. The van der Waals surface area contributed by atoms with Crippen LogP contribution in [0.15, 0.2) is 60.7 Å². The summed E-state index contributed by atoms with van der Waals surface area (Å²) in [6.07, 6.45) is 3.73. The van der Waals surface area contributed by atoms with Gasteiger partial charge in [0.1, 0.15) is 0 Å². The van der Waals surface area contributed by atoms with Gasteiger partial charge in [-0.15, -0.1) is 0 Å². The molecular weight excluding hydrogens is 410 g/mol. The van der Waals surface area contributed by atoms with E-state index >= 15 is 0 Å². The van der Waals surface area contributed by atoms with Crippen LogP contribution in [0, 0.1) is 11.3 Å². The van der Waals surface area contributed by atoms with Crippen molar-refractivity contribution in [1.29, 1.82) is 0 Å². The number of carbonyl (C=O) groups is 2. The Morgan fingerprint density at radius 3 is 2.18 bits per heavy atom. The zero-order valence-electron chi connectivity index (χ0n) is 20.0. The third kappa shape index (κ3) is 5.64. The van der Waals surface area contributed by atoms with E-state index in [9.17, 15) is 9.59 Å². The zero-order valence-corrected chi connectivity index (χ0v) is 20.0. The quantitative estimate of drug-likeness (QED) is 0.652. The van der Waals surface area contributed by atoms with Crippen molar-refractivity contribution in [2.45, 2.75) is 52.1 Å². The third-order valence-electron chi connectivity index (χ3n) is 7.41. The first-order chi connectivity index (χ1) is 16.0. The van der Waals surface area contributed by atoms with E-state index in [4.69, 9.17) is 0 Å². The van der Waals surface area contributed by atoms with Gasteiger partial charge in [0.25, 0.3) is 0 Å². The van der Waals surface area contributed by atoms with E-state index in [0.29, 0.717) is 5.91 Å². The molecule has 5 heteroatoms. The summed E-state index contributed by atoms with van der Waals surface area (Å²) in [4.78, 5) is 30.2. The van der Waals surface area contributed by atoms with Crippen molar-refractivity contribution in [3.8, 4) is 0 Å². The summed E-state index contributed by atoms with van der Waals surface area (Å²) in [5.74, 6) is 0.409. The number of amides is 2. The number of nitrogens with one attached hydrogen (secondary N) is 1. The Morgan fingerprint density at radius 2 is 1.55 bits per heavy atom. The van der Waals surface area contributed by atoms with Gasteiger partial charge in [0.05, 0.1) is 11.5 Å². The van der Waals surface area contributed by atoms with Crippen LogP contribution in [0.5, 0.6) is 0 Å². The molecule has 1 atom stereocenters. The fourth-order valence-electron chi connectivity index (χ4n) is 5.17. The molecule has 2 aliphatic rings. The molecule has 0 radical (unpaired) electrons. The van der Waals surface area contributed by atoms with Crippen molar-refractivity contribution in [2.24, 2.45) is 11.3 Å². The summed E-state index contributed by atoms with van der Waals surface area (Å²) < 4.78 is 0. The zero-order chi connectivity index (χ0) is 23.3. The molecule has 0 bridgehead atoms. The van der Waals surface area contributed by atoms with E-state index in [1.54, 1.807) is 0 Å². The van der Waals surface area contributed by atoms with E-state index < -0.39 is 0 Å². The average Bonchev–Trinajstić information content (AvgIpc) is 3.13. The second-order valence-corrected chi connectivity index (χ2v) is 10.00. The average molecular weight is 448 g/mol. The first-order valence-corrected chi connectivity index (χ1v) is 12.4. The molecule has 1 N–H and O–H groups in total. The number of piperidine rings is 1.